The van der Waals surface area contributed by atoms with E-state index >= 15 is 0 Å². The first kappa shape index (κ1) is 15.4. The average Bonchev–Trinajstić information content (AvgIpc) is 3.02. The van der Waals surface area contributed by atoms with Gasteiger partial charge in [0.05, 0.1) is 16.1 Å². The van der Waals surface area contributed by atoms with Crippen molar-refractivity contribution in [1.82, 2.24) is 8.87 Å². The molecule has 4 nitrogen and oxygen atoms in total. The van der Waals surface area contributed by atoms with Crippen LogP contribution in [0.4, 0.5) is 0 Å². The summed E-state index contributed by atoms with van der Waals surface area (Å²) in [5.74, 6) is 0. The zero-order chi connectivity index (χ0) is 17.1. The second-order valence-corrected chi connectivity index (χ2v) is 8.49. The summed E-state index contributed by atoms with van der Waals surface area (Å²) in [4.78, 5) is 2.48. The van der Waals surface area contributed by atoms with Gasteiger partial charge in [0.25, 0.3) is 10.0 Å². The van der Waals surface area contributed by atoms with E-state index in [4.69, 9.17) is 0 Å². The minimum atomic E-state index is -3.61. The summed E-state index contributed by atoms with van der Waals surface area (Å²) >= 11 is 0. The highest BCUT2D eigenvalue weighted by Gasteiger charge is 2.31. The van der Waals surface area contributed by atoms with Crippen LogP contribution in [0.15, 0.2) is 47.4 Å². The van der Waals surface area contributed by atoms with E-state index in [-0.39, 0.29) is 0 Å². The molecule has 124 valence electrons. The van der Waals surface area contributed by atoms with Gasteiger partial charge in [-0.2, -0.15) is 0 Å². The molecule has 3 aromatic rings. The Morgan fingerprint density at radius 1 is 0.917 bits per heavy atom. The van der Waals surface area contributed by atoms with Gasteiger partial charge in [0, 0.05) is 18.5 Å². The molecule has 5 heteroatoms. The number of benzene rings is 2. The molecule has 0 aliphatic carbocycles. The molecule has 1 aliphatic heterocycles. The van der Waals surface area contributed by atoms with Crippen molar-refractivity contribution in [3.63, 3.8) is 0 Å². The Morgan fingerprint density at radius 3 is 2.29 bits per heavy atom. The minimum absolute atomic E-state index is 0.336. The van der Waals surface area contributed by atoms with Crippen molar-refractivity contribution in [2.45, 2.75) is 31.8 Å². The SMILES string of the molecule is Cc1ccc(S(=O)(=O)n2c3c(c4cc(C)ccc42)CN(C)C3)cc1. The largest absolute Gasteiger partial charge is 0.296 e. The maximum absolute atomic E-state index is 13.3. The third-order valence-corrected chi connectivity index (χ3v) is 6.46. The van der Waals surface area contributed by atoms with Gasteiger partial charge in [-0.05, 0) is 50.7 Å². The van der Waals surface area contributed by atoms with Gasteiger partial charge in [-0.15, -0.1) is 0 Å². The van der Waals surface area contributed by atoms with Gasteiger partial charge in [0.15, 0.2) is 0 Å². The van der Waals surface area contributed by atoms with Crippen LogP contribution < -0.4 is 0 Å². The highest BCUT2D eigenvalue weighted by Crippen LogP contribution is 2.35. The standard InChI is InChI=1S/C19H20N2O2S/c1-13-4-7-15(8-5-13)24(22,23)21-18-9-6-14(2)10-16(18)17-11-20(3)12-19(17)21/h4-10H,11-12H2,1-3H3. The molecule has 0 bridgehead atoms. The van der Waals surface area contributed by atoms with Gasteiger partial charge in [-0.1, -0.05) is 29.3 Å². The minimum Gasteiger partial charge on any atom is -0.296 e. The number of nitrogens with zero attached hydrogens (tertiary/aromatic N) is 2. The zero-order valence-corrected chi connectivity index (χ0v) is 14.9. The van der Waals surface area contributed by atoms with Crippen molar-refractivity contribution >= 4 is 20.9 Å². The first-order chi connectivity index (χ1) is 11.4. The van der Waals surface area contributed by atoms with E-state index < -0.39 is 10.0 Å². The summed E-state index contributed by atoms with van der Waals surface area (Å²) in [5, 5.41) is 1.05. The third-order valence-electron chi connectivity index (χ3n) is 4.70. The predicted octanol–water partition coefficient (Wildman–Crippen LogP) is 3.44. The predicted molar refractivity (Wildman–Crippen MR) is 95.6 cm³/mol. The number of hydrogen-bond donors (Lipinski definition) is 0. The number of rotatable bonds is 2. The number of hydrogen-bond acceptors (Lipinski definition) is 3. The summed E-state index contributed by atoms with van der Waals surface area (Å²) in [7, 11) is -1.59. The molecule has 0 radical (unpaired) electrons. The van der Waals surface area contributed by atoms with Gasteiger partial charge >= 0.3 is 0 Å². The lowest BCUT2D eigenvalue weighted by Crippen LogP contribution is -2.17. The molecule has 0 N–H and O–H groups in total. The normalized spacial score (nSPS) is 15.1. The second-order valence-electron chi connectivity index (χ2n) is 6.70. The van der Waals surface area contributed by atoms with Gasteiger partial charge in [0.1, 0.15) is 0 Å². The molecule has 0 saturated heterocycles. The molecule has 0 atom stereocenters. The van der Waals surface area contributed by atoms with E-state index in [1.54, 1.807) is 16.1 Å². The molecule has 0 amide bonds. The fourth-order valence-electron chi connectivity index (χ4n) is 3.50. The monoisotopic (exact) mass is 340 g/mol. The summed E-state index contributed by atoms with van der Waals surface area (Å²) in [6.45, 7) is 5.42. The van der Waals surface area contributed by atoms with E-state index in [0.717, 1.165) is 39.8 Å². The van der Waals surface area contributed by atoms with Crippen LogP contribution in [-0.2, 0) is 23.1 Å². The lowest BCUT2D eigenvalue weighted by molar-refractivity contribution is 0.350. The highest BCUT2D eigenvalue weighted by molar-refractivity contribution is 7.90. The van der Waals surface area contributed by atoms with Gasteiger partial charge in [0.2, 0.25) is 0 Å². The lowest BCUT2D eigenvalue weighted by atomic mass is 10.1. The van der Waals surface area contributed by atoms with Gasteiger partial charge in [-0.25, -0.2) is 12.4 Å². The molecule has 0 spiro atoms. The average molecular weight is 340 g/mol. The molecule has 1 aliphatic rings. The molecular formula is C19H20N2O2S. The van der Waals surface area contributed by atoms with Crippen molar-refractivity contribution in [2.75, 3.05) is 7.05 Å². The third kappa shape index (κ3) is 2.19. The topological polar surface area (TPSA) is 42.3 Å². The Balaban J connectivity index is 2.03. The Morgan fingerprint density at radius 2 is 1.58 bits per heavy atom. The van der Waals surface area contributed by atoms with Crippen LogP contribution >= 0.6 is 0 Å². The fraction of sp³-hybridized carbons (Fsp3) is 0.263. The maximum atomic E-state index is 13.3. The summed E-state index contributed by atoms with van der Waals surface area (Å²) < 4.78 is 28.2. The zero-order valence-electron chi connectivity index (χ0n) is 14.1. The molecule has 0 fully saturated rings. The maximum Gasteiger partial charge on any atom is 0.268 e. The summed E-state index contributed by atoms with van der Waals surface area (Å²) in [5.41, 5.74) is 4.99. The van der Waals surface area contributed by atoms with Crippen LogP contribution in [0.5, 0.6) is 0 Å². The van der Waals surface area contributed by atoms with E-state index in [9.17, 15) is 8.42 Å². The molecule has 1 aromatic heterocycles. The summed E-state index contributed by atoms with van der Waals surface area (Å²) in [6, 6.07) is 13.1. The van der Waals surface area contributed by atoms with Crippen molar-refractivity contribution in [3.8, 4) is 0 Å². The van der Waals surface area contributed by atoms with E-state index in [2.05, 4.69) is 11.0 Å². The molecular weight excluding hydrogens is 320 g/mol. The molecule has 4 rings (SSSR count). The molecule has 2 heterocycles. The van der Waals surface area contributed by atoms with Crippen LogP contribution in [0.2, 0.25) is 0 Å². The fourth-order valence-corrected chi connectivity index (χ4v) is 5.07. The van der Waals surface area contributed by atoms with Crippen molar-refractivity contribution in [3.05, 3.63) is 64.8 Å². The van der Waals surface area contributed by atoms with Crippen LogP contribution in [0.25, 0.3) is 10.9 Å². The molecule has 0 unspecified atom stereocenters. The summed E-state index contributed by atoms with van der Waals surface area (Å²) in [6.07, 6.45) is 0. The van der Waals surface area contributed by atoms with Crippen LogP contribution in [0.3, 0.4) is 0 Å². The second kappa shape index (κ2) is 5.19. The number of aromatic nitrogens is 1. The number of aryl methyl sites for hydroxylation is 2. The Bertz CT molecular complexity index is 1050. The van der Waals surface area contributed by atoms with Crippen LogP contribution in [0, 0.1) is 13.8 Å². The quantitative estimate of drug-likeness (QED) is 0.718. The molecule has 0 saturated carbocycles. The van der Waals surface area contributed by atoms with Gasteiger partial charge < -0.3 is 0 Å². The number of fused-ring (bicyclic) bond motifs is 3. The van der Waals surface area contributed by atoms with Gasteiger partial charge in [-0.3, -0.25) is 4.90 Å². The first-order valence-corrected chi connectivity index (χ1v) is 9.45. The van der Waals surface area contributed by atoms with Crippen molar-refractivity contribution in [2.24, 2.45) is 0 Å². The lowest BCUT2D eigenvalue weighted by Gasteiger charge is -2.13. The Labute approximate surface area is 142 Å². The van der Waals surface area contributed by atoms with E-state index in [1.807, 2.05) is 45.2 Å². The van der Waals surface area contributed by atoms with E-state index in [1.165, 1.54) is 0 Å². The van der Waals surface area contributed by atoms with Crippen LogP contribution in [0.1, 0.15) is 22.4 Å². The molecule has 24 heavy (non-hydrogen) atoms. The Kier molecular flexibility index (Phi) is 3.34. The molecule has 2 aromatic carbocycles. The first-order valence-electron chi connectivity index (χ1n) is 8.01. The Hall–Kier alpha value is -2.11. The van der Waals surface area contributed by atoms with Crippen molar-refractivity contribution in [1.29, 1.82) is 0 Å². The smallest absolute Gasteiger partial charge is 0.268 e. The van der Waals surface area contributed by atoms with Crippen LogP contribution in [-0.4, -0.2) is 24.3 Å². The van der Waals surface area contributed by atoms with Crippen molar-refractivity contribution < 1.29 is 8.42 Å². The van der Waals surface area contributed by atoms with E-state index in [0.29, 0.717) is 11.4 Å². The highest BCUT2D eigenvalue weighted by atomic mass is 32.2.